The van der Waals surface area contributed by atoms with Gasteiger partial charge in [0.2, 0.25) is 0 Å². The SMILES string of the molecule is Oc1ccccc1-c1nc2c3cccc4c5ccccc5n(c5ccccc5c5ccccc5c2[nH]1)c43. The molecule has 0 atom stereocenters. The summed E-state index contributed by atoms with van der Waals surface area (Å²) < 4.78 is 2.38. The minimum absolute atomic E-state index is 0.201. The number of rotatable bonds is 1. The van der Waals surface area contributed by atoms with Gasteiger partial charge in [0, 0.05) is 26.9 Å². The number of phenolic OH excluding ortho intramolecular Hbond substituents is 1. The maximum atomic E-state index is 10.6. The van der Waals surface area contributed by atoms with Gasteiger partial charge in [0.1, 0.15) is 11.6 Å². The van der Waals surface area contributed by atoms with Crippen LogP contribution in [0.2, 0.25) is 0 Å². The smallest absolute Gasteiger partial charge is 0.142 e. The molecule has 3 heterocycles. The number of aromatic nitrogens is 3. The van der Waals surface area contributed by atoms with E-state index in [4.69, 9.17) is 4.98 Å². The molecule has 0 radical (unpaired) electrons. The van der Waals surface area contributed by atoms with E-state index in [-0.39, 0.29) is 5.75 Å². The van der Waals surface area contributed by atoms with Crippen LogP contribution in [0.25, 0.3) is 71.3 Å². The summed E-state index contributed by atoms with van der Waals surface area (Å²) in [6, 6.07) is 39.5. The Morgan fingerprint density at radius 3 is 1.86 bits per heavy atom. The second-order valence-electron chi connectivity index (χ2n) is 9.44. The van der Waals surface area contributed by atoms with E-state index in [9.17, 15) is 5.11 Å². The van der Waals surface area contributed by atoms with Crippen LogP contribution in [0.15, 0.2) is 115 Å². The van der Waals surface area contributed by atoms with Gasteiger partial charge in [0.25, 0.3) is 0 Å². The lowest BCUT2D eigenvalue weighted by Crippen LogP contribution is -1.86. The third-order valence-electron chi connectivity index (χ3n) is 7.44. The van der Waals surface area contributed by atoms with Gasteiger partial charge < -0.3 is 14.5 Å². The topological polar surface area (TPSA) is 53.3 Å². The van der Waals surface area contributed by atoms with Crippen molar-refractivity contribution in [3.8, 4) is 17.1 Å². The van der Waals surface area contributed by atoms with Crippen LogP contribution in [0.4, 0.5) is 0 Å². The van der Waals surface area contributed by atoms with Gasteiger partial charge in [-0.05, 0) is 29.7 Å². The molecule has 0 bridgehead atoms. The molecule has 2 N–H and O–H groups in total. The first kappa shape index (κ1) is 20.1. The van der Waals surface area contributed by atoms with Crippen LogP contribution in [-0.4, -0.2) is 19.5 Å². The summed E-state index contributed by atoms with van der Waals surface area (Å²) >= 11 is 0. The van der Waals surface area contributed by atoms with Crippen LogP contribution in [0.3, 0.4) is 0 Å². The fourth-order valence-corrected chi connectivity index (χ4v) is 5.86. The number of aromatic amines is 1. The van der Waals surface area contributed by atoms with Crippen molar-refractivity contribution in [2.75, 3.05) is 0 Å². The van der Waals surface area contributed by atoms with Crippen LogP contribution >= 0.6 is 0 Å². The summed E-state index contributed by atoms with van der Waals surface area (Å²) in [6.45, 7) is 0. The van der Waals surface area contributed by atoms with Crippen LogP contribution in [0, 0.1) is 0 Å². The standard InChI is InChI=1S/C33H21N3O/c37-29-19-8-5-14-25(29)33-34-30-23-13-2-1-10-20(23)21-11-3-6-17-27(21)36-28-18-7-4-12-22(28)24-15-9-16-26(32(24)36)31(30)35-33/h1-19,37H,(H,34,35). The zero-order valence-corrected chi connectivity index (χ0v) is 19.8. The number of nitrogens with zero attached hydrogens (tertiary/aromatic N) is 2. The van der Waals surface area contributed by atoms with Gasteiger partial charge >= 0.3 is 0 Å². The van der Waals surface area contributed by atoms with Crippen molar-refractivity contribution in [1.82, 2.24) is 14.4 Å². The summed E-state index contributed by atoms with van der Waals surface area (Å²) in [4.78, 5) is 8.75. The van der Waals surface area contributed by atoms with Gasteiger partial charge in [0.05, 0.1) is 33.1 Å². The summed E-state index contributed by atoms with van der Waals surface area (Å²) in [5, 5.41) is 17.5. The van der Waals surface area contributed by atoms with Crippen molar-refractivity contribution >= 4 is 59.9 Å². The number of imidazole rings is 1. The number of nitrogens with one attached hydrogen (secondary N) is 1. The van der Waals surface area contributed by atoms with E-state index >= 15 is 0 Å². The maximum Gasteiger partial charge on any atom is 0.142 e. The normalized spacial score (nSPS) is 11.9. The highest BCUT2D eigenvalue weighted by molar-refractivity contribution is 6.23. The fourth-order valence-electron chi connectivity index (χ4n) is 5.86. The zero-order valence-electron chi connectivity index (χ0n) is 19.8. The van der Waals surface area contributed by atoms with Gasteiger partial charge in [-0.3, -0.25) is 0 Å². The minimum Gasteiger partial charge on any atom is -0.507 e. The lowest BCUT2D eigenvalue weighted by Gasteiger charge is -2.04. The first-order valence-electron chi connectivity index (χ1n) is 12.4. The first-order chi connectivity index (χ1) is 18.3. The fraction of sp³-hybridized carbons (Fsp3) is 0. The molecule has 3 aromatic heterocycles. The third kappa shape index (κ3) is 2.75. The molecule has 8 rings (SSSR count). The number of aromatic hydroxyl groups is 1. The lowest BCUT2D eigenvalue weighted by molar-refractivity contribution is 0.477. The van der Waals surface area contributed by atoms with Crippen molar-refractivity contribution in [2.24, 2.45) is 0 Å². The molecule has 0 spiro atoms. The molecular weight excluding hydrogens is 454 g/mol. The average Bonchev–Trinajstić information content (AvgIpc) is 3.53. The Kier molecular flexibility index (Phi) is 4.06. The summed E-state index contributed by atoms with van der Waals surface area (Å²) in [5.74, 6) is 0.846. The van der Waals surface area contributed by atoms with Gasteiger partial charge in [-0.15, -0.1) is 0 Å². The van der Waals surface area contributed by atoms with Gasteiger partial charge in [-0.2, -0.15) is 0 Å². The second kappa shape index (κ2) is 7.45. The van der Waals surface area contributed by atoms with E-state index in [0.717, 1.165) is 49.1 Å². The highest BCUT2D eigenvalue weighted by Gasteiger charge is 2.17. The molecule has 0 fully saturated rings. The molecule has 37 heavy (non-hydrogen) atoms. The number of H-pyrrole nitrogens is 1. The van der Waals surface area contributed by atoms with E-state index in [1.807, 2.05) is 18.2 Å². The Morgan fingerprint density at radius 2 is 1.11 bits per heavy atom. The third-order valence-corrected chi connectivity index (χ3v) is 7.44. The number of fused-ring (bicyclic) bond motifs is 10. The van der Waals surface area contributed by atoms with Gasteiger partial charge in [0.15, 0.2) is 0 Å². The van der Waals surface area contributed by atoms with E-state index in [1.54, 1.807) is 6.07 Å². The molecule has 0 aliphatic carbocycles. The number of hydrogen-bond donors (Lipinski definition) is 2. The molecule has 0 saturated carbocycles. The Morgan fingerprint density at radius 1 is 0.541 bits per heavy atom. The maximum absolute atomic E-state index is 10.6. The van der Waals surface area contributed by atoms with Gasteiger partial charge in [-0.25, -0.2) is 4.98 Å². The Labute approximate surface area is 211 Å². The second-order valence-corrected chi connectivity index (χ2v) is 9.44. The molecule has 0 unspecified atom stereocenters. The summed E-state index contributed by atoms with van der Waals surface area (Å²) in [7, 11) is 0. The Balaban J connectivity index is 1.77. The predicted molar refractivity (Wildman–Crippen MR) is 153 cm³/mol. The number of phenols is 1. The molecular formula is C33H21N3O. The van der Waals surface area contributed by atoms with Crippen LogP contribution in [-0.2, 0) is 0 Å². The molecule has 4 nitrogen and oxygen atoms in total. The van der Waals surface area contributed by atoms with Crippen molar-refractivity contribution in [1.29, 1.82) is 0 Å². The Hall–Kier alpha value is -5.09. The molecule has 0 aliphatic heterocycles. The zero-order chi connectivity index (χ0) is 24.5. The molecule has 5 aromatic carbocycles. The van der Waals surface area contributed by atoms with E-state index < -0.39 is 0 Å². The molecule has 174 valence electrons. The van der Waals surface area contributed by atoms with Crippen molar-refractivity contribution in [3.63, 3.8) is 0 Å². The van der Waals surface area contributed by atoms with Crippen molar-refractivity contribution in [3.05, 3.63) is 115 Å². The first-order valence-corrected chi connectivity index (χ1v) is 12.4. The highest BCUT2D eigenvalue weighted by atomic mass is 16.3. The van der Waals surface area contributed by atoms with Crippen molar-refractivity contribution in [2.45, 2.75) is 0 Å². The van der Waals surface area contributed by atoms with E-state index in [1.165, 1.54) is 10.8 Å². The number of para-hydroxylation sites is 4. The predicted octanol–water partition coefficient (Wildman–Crippen LogP) is 8.36. The monoisotopic (exact) mass is 475 g/mol. The molecule has 4 heteroatoms. The van der Waals surface area contributed by atoms with E-state index in [0.29, 0.717) is 11.4 Å². The highest BCUT2D eigenvalue weighted by Crippen LogP contribution is 2.39. The van der Waals surface area contributed by atoms with Crippen molar-refractivity contribution < 1.29 is 5.11 Å². The molecule has 0 aliphatic rings. The van der Waals surface area contributed by atoms with Gasteiger partial charge in [-0.1, -0.05) is 91.0 Å². The average molecular weight is 476 g/mol. The van der Waals surface area contributed by atoms with Crippen LogP contribution in [0.5, 0.6) is 5.75 Å². The summed E-state index contributed by atoms with van der Waals surface area (Å²) in [6.07, 6.45) is 0. The minimum atomic E-state index is 0.201. The number of hydrogen-bond acceptors (Lipinski definition) is 2. The lowest BCUT2D eigenvalue weighted by atomic mass is 10.1. The van der Waals surface area contributed by atoms with Crippen LogP contribution in [0.1, 0.15) is 0 Å². The molecule has 0 amide bonds. The number of benzene rings is 5. The van der Waals surface area contributed by atoms with Crippen LogP contribution < -0.4 is 0 Å². The largest absolute Gasteiger partial charge is 0.507 e. The molecule has 8 aromatic rings. The van der Waals surface area contributed by atoms with E-state index in [2.05, 4.69) is 100 Å². The quantitative estimate of drug-likeness (QED) is 0.251. The Bertz CT molecular complexity index is 2220. The summed E-state index contributed by atoms with van der Waals surface area (Å²) in [5.41, 5.74) is 5.91. The molecule has 0 saturated heterocycles.